The van der Waals surface area contributed by atoms with Crippen LogP contribution in [0.25, 0.3) is 10.9 Å². The molecule has 31 heavy (non-hydrogen) atoms. The third-order valence-electron chi connectivity index (χ3n) is 5.19. The summed E-state index contributed by atoms with van der Waals surface area (Å²) in [5.41, 5.74) is 1.21. The molecule has 2 aromatic heterocycles. The number of nitrogens with zero attached hydrogens (tertiary/aromatic N) is 2. The minimum Gasteiger partial charge on any atom is -0.480 e. The summed E-state index contributed by atoms with van der Waals surface area (Å²) in [5.74, 6) is 0.424. The number of aryl methyl sites for hydroxylation is 1. The fourth-order valence-electron chi connectivity index (χ4n) is 3.66. The first-order valence-corrected chi connectivity index (χ1v) is 12.2. The Balaban J connectivity index is 1.59. The molecular formula is C21H20Cl2N2O5S. The first kappa shape index (κ1) is 21.9. The van der Waals surface area contributed by atoms with Crippen molar-refractivity contribution in [1.82, 2.24) is 9.88 Å². The highest BCUT2D eigenvalue weighted by atomic mass is 35.5. The molecule has 1 atom stereocenters. The second kappa shape index (κ2) is 8.68. The van der Waals surface area contributed by atoms with Gasteiger partial charge in [0.2, 0.25) is 0 Å². The second-order valence-electron chi connectivity index (χ2n) is 7.46. The van der Waals surface area contributed by atoms with Gasteiger partial charge in [0, 0.05) is 17.1 Å². The normalized spacial score (nSPS) is 17.7. The Bertz CT molecular complexity index is 1230. The molecule has 0 spiro atoms. The summed E-state index contributed by atoms with van der Waals surface area (Å²) < 4.78 is 35.1. The van der Waals surface area contributed by atoms with Crippen LogP contribution in [0.5, 0.6) is 5.75 Å². The number of carbonyl (C=O) groups is 1. The summed E-state index contributed by atoms with van der Waals surface area (Å²) in [4.78, 5) is 19.1. The van der Waals surface area contributed by atoms with Crippen molar-refractivity contribution >= 4 is 49.8 Å². The molecule has 1 fully saturated rings. The van der Waals surface area contributed by atoms with Crippen LogP contribution in [0.4, 0.5) is 0 Å². The van der Waals surface area contributed by atoms with Crippen molar-refractivity contribution in [3.8, 4) is 5.75 Å². The summed E-state index contributed by atoms with van der Waals surface area (Å²) >= 11 is 12.6. The Morgan fingerprint density at radius 1 is 1.29 bits per heavy atom. The van der Waals surface area contributed by atoms with E-state index in [0.29, 0.717) is 28.1 Å². The van der Waals surface area contributed by atoms with Gasteiger partial charge in [0.05, 0.1) is 34.4 Å². The predicted molar refractivity (Wildman–Crippen MR) is 118 cm³/mol. The molecule has 1 aromatic carbocycles. The lowest BCUT2D eigenvalue weighted by Gasteiger charge is -2.27. The molecule has 1 aliphatic rings. The Hall–Kier alpha value is -2.29. The highest BCUT2D eigenvalue weighted by Crippen LogP contribution is 2.37. The van der Waals surface area contributed by atoms with Gasteiger partial charge < -0.3 is 14.1 Å². The second-order valence-corrected chi connectivity index (χ2v) is 10.5. The highest BCUT2D eigenvalue weighted by molar-refractivity contribution is 7.91. The number of rotatable bonds is 6. The number of fused-ring (bicyclic) bond motifs is 1. The minimum atomic E-state index is -3.18. The number of carbonyl (C=O) groups excluding carboxylic acids is 1. The molecule has 1 saturated heterocycles. The zero-order valence-electron chi connectivity index (χ0n) is 16.7. The third-order valence-corrected chi connectivity index (χ3v) is 7.54. The number of hydrogen-bond acceptors (Lipinski definition) is 6. The number of hydrogen-bond donors (Lipinski definition) is 0. The SMILES string of the molecule is Cc1ccc2c(Cl)cc(Cl)c(OCC(=O)N(Cc3ccco3)C3CCS(=O)(=O)C3)c2n1. The number of amides is 1. The van der Waals surface area contributed by atoms with Crippen LogP contribution in [0.1, 0.15) is 17.9 Å². The molecule has 1 aliphatic heterocycles. The molecule has 3 heterocycles. The molecule has 10 heteroatoms. The number of pyridine rings is 1. The van der Waals surface area contributed by atoms with Crippen molar-refractivity contribution in [2.45, 2.75) is 25.9 Å². The molecule has 0 N–H and O–H groups in total. The summed E-state index contributed by atoms with van der Waals surface area (Å²) in [6, 6.07) is 8.20. The number of furan rings is 1. The van der Waals surface area contributed by atoms with Crippen molar-refractivity contribution in [3.63, 3.8) is 0 Å². The van der Waals surface area contributed by atoms with E-state index in [1.54, 1.807) is 18.2 Å². The Kier molecular flexibility index (Phi) is 6.14. The Morgan fingerprint density at radius 2 is 2.10 bits per heavy atom. The Morgan fingerprint density at radius 3 is 2.77 bits per heavy atom. The largest absolute Gasteiger partial charge is 0.480 e. The third kappa shape index (κ3) is 4.81. The molecule has 164 valence electrons. The van der Waals surface area contributed by atoms with Crippen molar-refractivity contribution in [2.75, 3.05) is 18.1 Å². The summed E-state index contributed by atoms with van der Waals surface area (Å²) in [5, 5.41) is 1.33. The maximum absolute atomic E-state index is 13.1. The number of ether oxygens (including phenoxy) is 1. The van der Waals surface area contributed by atoms with Gasteiger partial charge in [0.1, 0.15) is 11.3 Å². The van der Waals surface area contributed by atoms with E-state index in [1.165, 1.54) is 11.2 Å². The van der Waals surface area contributed by atoms with Crippen molar-refractivity contribution in [1.29, 1.82) is 0 Å². The molecule has 0 saturated carbocycles. The van der Waals surface area contributed by atoms with Crippen molar-refractivity contribution < 1.29 is 22.4 Å². The Labute approximate surface area is 189 Å². The first-order valence-electron chi connectivity index (χ1n) is 9.64. The average molecular weight is 483 g/mol. The lowest BCUT2D eigenvalue weighted by atomic mass is 10.2. The smallest absolute Gasteiger partial charge is 0.261 e. The fourth-order valence-corrected chi connectivity index (χ4v) is 5.96. The number of sulfone groups is 1. The van der Waals surface area contributed by atoms with E-state index in [-0.39, 0.29) is 41.3 Å². The average Bonchev–Trinajstić information content (AvgIpc) is 3.34. The van der Waals surface area contributed by atoms with Gasteiger partial charge in [-0.1, -0.05) is 23.2 Å². The van der Waals surface area contributed by atoms with Gasteiger partial charge in [-0.15, -0.1) is 0 Å². The van der Waals surface area contributed by atoms with Crippen molar-refractivity contribution in [2.24, 2.45) is 0 Å². The zero-order valence-corrected chi connectivity index (χ0v) is 19.0. The zero-order chi connectivity index (χ0) is 22.2. The van der Waals surface area contributed by atoms with E-state index in [4.69, 9.17) is 32.4 Å². The van der Waals surface area contributed by atoms with E-state index in [1.807, 2.05) is 19.1 Å². The lowest BCUT2D eigenvalue weighted by Crippen LogP contribution is -2.43. The lowest BCUT2D eigenvalue weighted by molar-refractivity contribution is -0.136. The summed E-state index contributed by atoms with van der Waals surface area (Å²) in [6.07, 6.45) is 1.88. The summed E-state index contributed by atoms with van der Waals surface area (Å²) in [6.45, 7) is 1.65. The molecule has 0 bridgehead atoms. The van der Waals surface area contributed by atoms with E-state index in [9.17, 15) is 13.2 Å². The van der Waals surface area contributed by atoms with Crippen LogP contribution in [0.3, 0.4) is 0 Å². The predicted octanol–water partition coefficient (Wildman–Crippen LogP) is 4.04. The van der Waals surface area contributed by atoms with E-state index in [0.717, 1.165) is 5.69 Å². The van der Waals surface area contributed by atoms with Gasteiger partial charge in [-0.3, -0.25) is 4.79 Å². The topological polar surface area (TPSA) is 89.7 Å². The van der Waals surface area contributed by atoms with E-state index < -0.39 is 15.9 Å². The maximum Gasteiger partial charge on any atom is 0.261 e. The monoisotopic (exact) mass is 482 g/mol. The number of aromatic nitrogens is 1. The van der Waals surface area contributed by atoms with Gasteiger partial charge in [-0.05, 0) is 43.7 Å². The van der Waals surface area contributed by atoms with Gasteiger partial charge in [-0.2, -0.15) is 0 Å². The van der Waals surface area contributed by atoms with Gasteiger partial charge in [0.25, 0.3) is 5.91 Å². The summed E-state index contributed by atoms with van der Waals surface area (Å²) in [7, 11) is -3.18. The molecular weight excluding hydrogens is 463 g/mol. The van der Waals surface area contributed by atoms with Crippen LogP contribution in [0, 0.1) is 6.92 Å². The maximum atomic E-state index is 13.1. The molecule has 1 unspecified atom stereocenters. The minimum absolute atomic E-state index is 0.0529. The highest BCUT2D eigenvalue weighted by Gasteiger charge is 2.35. The standard InChI is InChI=1S/C21H20Cl2N2O5S/c1-13-4-5-16-17(22)9-18(23)21(20(16)24-13)30-11-19(26)25(10-15-3-2-7-29-15)14-6-8-31(27,28)12-14/h2-5,7,9,14H,6,8,10-12H2,1H3. The molecule has 0 aliphatic carbocycles. The van der Waals surface area contributed by atoms with Gasteiger partial charge in [-0.25, -0.2) is 13.4 Å². The van der Waals surface area contributed by atoms with Gasteiger partial charge in [0.15, 0.2) is 22.2 Å². The van der Waals surface area contributed by atoms with E-state index in [2.05, 4.69) is 4.98 Å². The van der Waals surface area contributed by atoms with Gasteiger partial charge >= 0.3 is 0 Å². The number of halogens is 2. The van der Waals surface area contributed by atoms with E-state index >= 15 is 0 Å². The molecule has 7 nitrogen and oxygen atoms in total. The molecule has 0 radical (unpaired) electrons. The first-order chi connectivity index (χ1) is 14.7. The molecule has 4 rings (SSSR count). The fraction of sp³-hybridized carbons (Fsp3) is 0.333. The quantitative estimate of drug-likeness (QED) is 0.526. The van der Waals surface area contributed by atoms with Crippen LogP contribution < -0.4 is 4.74 Å². The van der Waals surface area contributed by atoms with Crippen LogP contribution in [0.2, 0.25) is 10.0 Å². The molecule has 3 aromatic rings. The van der Waals surface area contributed by atoms with Crippen LogP contribution in [-0.4, -0.2) is 48.4 Å². The molecule has 1 amide bonds. The van der Waals surface area contributed by atoms with Crippen LogP contribution in [0.15, 0.2) is 41.0 Å². The van der Waals surface area contributed by atoms with Crippen LogP contribution in [-0.2, 0) is 21.2 Å². The van der Waals surface area contributed by atoms with Crippen molar-refractivity contribution in [3.05, 3.63) is 58.1 Å². The van der Waals surface area contributed by atoms with Crippen LogP contribution >= 0.6 is 23.2 Å². The number of benzene rings is 1.